The summed E-state index contributed by atoms with van der Waals surface area (Å²) in [7, 11) is 0. The van der Waals surface area contributed by atoms with Crippen molar-refractivity contribution in [2.75, 3.05) is 0 Å². The Labute approximate surface area is 173 Å². The second kappa shape index (κ2) is 7.79. The third kappa shape index (κ3) is 3.60. The van der Waals surface area contributed by atoms with Crippen molar-refractivity contribution >= 4 is 28.8 Å². The number of hydrogen-bond acceptors (Lipinski definition) is 4. The van der Waals surface area contributed by atoms with Crippen LogP contribution in [0.5, 0.6) is 0 Å². The molecule has 1 aliphatic rings. The molecule has 0 bridgehead atoms. The van der Waals surface area contributed by atoms with Crippen molar-refractivity contribution < 1.29 is 0 Å². The van der Waals surface area contributed by atoms with Crippen LogP contribution in [0.15, 0.2) is 65.4 Å². The van der Waals surface area contributed by atoms with E-state index in [4.69, 9.17) is 23.2 Å². The SMILES string of the molecule is CC1(c2ccc(Cl)cc2)CC(c2ccc(Cl)cc2)=C(C#N)C(=C(C#N)C#N)N1. The van der Waals surface area contributed by atoms with Crippen LogP contribution in [0, 0.1) is 34.0 Å². The summed E-state index contributed by atoms with van der Waals surface area (Å²) in [5, 5.41) is 33.1. The Bertz CT molecular complexity index is 1090. The van der Waals surface area contributed by atoms with E-state index in [-0.39, 0.29) is 16.8 Å². The summed E-state index contributed by atoms with van der Waals surface area (Å²) in [5.74, 6) is 0. The van der Waals surface area contributed by atoms with Gasteiger partial charge in [-0.2, -0.15) is 15.8 Å². The molecule has 1 atom stereocenters. The van der Waals surface area contributed by atoms with E-state index in [1.165, 1.54) is 0 Å². The standard InChI is InChI=1S/C22H14Cl2N4/c1-22(16-4-8-18(24)9-5-16)10-19(14-2-6-17(23)7-3-14)20(13-27)21(28-22)15(11-25)12-26/h2-9,28H,10H2,1H3. The maximum atomic E-state index is 9.82. The lowest BCUT2D eigenvalue weighted by Gasteiger charge is -2.39. The first-order valence-corrected chi connectivity index (χ1v) is 9.15. The molecule has 28 heavy (non-hydrogen) atoms. The van der Waals surface area contributed by atoms with Gasteiger partial charge in [0.05, 0.1) is 16.8 Å². The van der Waals surface area contributed by atoms with Crippen molar-refractivity contribution in [2.24, 2.45) is 0 Å². The molecule has 1 aliphatic heterocycles. The summed E-state index contributed by atoms with van der Waals surface area (Å²) < 4.78 is 0. The first kappa shape index (κ1) is 19.5. The summed E-state index contributed by atoms with van der Waals surface area (Å²) in [5.41, 5.74) is 2.22. The molecule has 2 aromatic carbocycles. The molecule has 3 rings (SSSR count). The van der Waals surface area contributed by atoms with Crippen molar-refractivity contribution in [1.82, 2.24) is 5.32 Å². The minimum Gasteiger partial charge on any atom is -0.373 e. The van der Waals surface area contributed by atoms with Gasteiger partial charge in [-0.25, -0.2) is 0 Å². The number of allylic oxidation sites excluding steroid dienone is 2. The quantitative estimate of drug-likeness (QED) is 0.671. The Morgan fingerprint density at radius 3 is 1.96 bits per heavy atom. The van der Waals surface area contributed by atoms with Crippen LogP contribution in [0.3, 0.4) is 0 Å². The fourth-order valence-corrected chi connectivity index (χ4v) is 3.56. The summed E-state index contributed by atoms with van der Waals surface area (Å²) >= 11 is 12.0. The highest BCUT2D eigenvalue weighted by molar-refractivity contribution is 6.30. The Balaban J connectivity index is 2.27. The van der Waals surface area contributed by atoms with Crippen LogP contribution in [0.2, 0.25) is 10.0 Å². The highest BCUT2D eigenvalue weighted by Crippen LogP contribution is 2.42. The molecule has 0 aromatic heterocycles. The number of hydrogen-bond donors (Lipinski definition) is 1. The molecule has 4 nitrogen and oxygen atoms in total. The van der Waals surface area contributed by atoms with Gasteiger partial charge < -0.3 is 5.32 Å². The molecule has 1 unspecified atom stereocenters. The van der Waals surface area contributed by atoms with E-state index in [0.29, 0.717) is 16.5 Å². The molecule has 0 radical (unpaired) electrons. The smallest absolute Gasteiger partial charge is 0.154 e. The molecule has 0 spiro atoms. The molecular formula is C22H14Cl2N4. The van der Waals surface area contributed by atoms with Crippen LogP contribution in [-0.2, 0) is 5.54 Å². The summed E-state index contributed by atoms with van der Waals surface area (Å²) in [4.78, 5) is 0. The minimum atomic E-state index is -0.645. The summed E-state index contributed by atoms with van der Waals surface area (Å²) in [6.45, 7) is 1.96. The Kier molecular flexibility index (Phi) is 5.43. The maximum absolute atomic E-state index is 9.82. The van der Waals surface area contributed by atoms with E-state index in [1.807, 2.05) is 43.3 Å². The molecule has 6 heteroatoms. The van der Waals surface area contributed by atoms with E-state index in [9.17, 15) is 15.8 Å². The van der Waals surface area contributed by atoms with E-state index in [0.717, 1.165) is 16.7 Å². The first-order valence-electron chi connectivity index (χ1n) is 8.40. The molecule has 0 aliphatic carbocycles. The third-order valence-corrected chi connectivity index (χ3v) is 5.25. The number of nitrogens with zero attached hydrogens (tertiary/aromatic N) is 3. The third-order valence-electron chi connectivity index (χ3n) is 4.74. The van der Waals surface area contributed by atoms with Crippen molar-refractivity contribution in [2.45, 2.75) is 18.9 Å². The van der Waals surface area contributed by atoms with Crippen LogP contribution < -0.4 is 5.32 Å². The fraction of sp³-hybridized carbons (Fsp3) is 0.136. The van der Waals surface area contributed by atoms with Crippen LogP contribution in [0.1, 0.15) is 24.5 Å². The average Bonchev–Trinajstić information content (AvgIpc) is 2.69. The fourth-order valence-electron chi connectivity index (χ4n) is 3.31. The van der Waals surface area contributed by atoms with E-state index in [2.05, 4.69) is 11.4 Å². The number of nitrogens with one attached hydrogen (secondary N) is 1. The predicted molar refractivity (Wildman–Crippen MR) is 109 cm³/mol. The van der Waals surface area contributed by atoms with Gasteiger partial charge in [-0.05, 0) is 47.9 Å². The minimum absolute atomic E-state index is 0.136. The second-order valence-electron chi connectivity index (χ2n) is 6.59. The zero-order valence-corrected chi connectivity index (χ0v) is 16.4. The lowest BCUT2D eigenvalue weighted by Crippen LogP contribution is -2.43. The molecule has 0 amide bonds. The van der Waals surface area contributed by atoms with E-state index in [1.54, 1.807) is 24.3 Å². The molecule has 0 saturated heterocycles. The maximum Gasteiger partial charge on any atom is 0.154 e. The van der Waals surface area contributed by atoms with Crippen molar-refractivity contribution in [3.8, 4) is 18.2 Å². The molecule has 0 fully saturated rings. The highest BCUT2D eigenvalue weighted by atomic mass is 35.5. The lowest BCUT2D eigenvalue weighted by atomic mass is 9.77. The summed E-state index contributed by atoms with van der Waals surface area (Å²) in [6, 6.07) is 20.5. The summed E-state index contributed by atoms with van der Waals surface area (Å²) in [6.07, 6.45) is 0.479. The molecular weight excluding hydrogens is 391 g/mol. The van der Waals surface area contributed by atoms with Gasteiger partial charge in [0.1, 0.15) is 18.2 Å². The first-order chi connectivity index (χ1) is 13.4. The van der Waals surface area contributed by atoms with Gasteiger partial charge in [-0.1, -0.05) is 47.5 Å². The van der Waals surface area contributed by atoms with Crippen molar-refractivity contribution in [1.29, 1.82) is 15.8 Å². The predicted octanol–water partition coefficient (Wildman–Crippen LogP) is 5.48. The number of nitriles is 3. The van der Waals surface area contributed by atoms with E-state index < -0.39 is 5.54 Å². The van der Waals surface area contributed by atoms with Gasteiger partial charge in [0, 0.05) is 16.5 Å². The number of rotatable bonds is 2. The Hall–Kier alpha value is -3.23. The Morgan fingerprint density at radius 1 is 0.929 bits per heavy atom. The molecule has 1 N–H and O–H groups in total. The van der Waals surface area contributed by atoms with Gasteiger partial charge in [-0.15, -0.1) is 0 Å². The second-order valence-corrected chi connectivity index (χ2v) is 7.46. The highest BCUT2D eigenvalue weighted by Gasteiger charge is 2.37. The normalized spacial score (nSPS) is 18.5. The van der Waals surface area contributed by atoms with Gasteiger partial charge in [0.15, 0.2) is 5.57 Å². The molecule has 1 heterocycles. The van der Waals surface area contributed by atoms with Crippen LogP contribution in [0.25, 0.3) is 5.57 Å². The van der Waals surface area contributed by atoms with E-state index >= 15 is 0 Å². The average molecular weight is 405 g/mol. The van der Waals surface area contributed by atoms with Gasteiger partial charge in [-0.3, -0.25) is 0 Å². The van der Waals surface area contributed by atoms with Crippen molar-refractivity contribution in [3.63, 3.8) is 0 Å². The monoisotopic (exact) mass is 404 g/mol. The zero-order valence-electron chi connectivity index (χ0n) is 14.9. The van der Waals surface area contributed by atoms with Gasteiger partial charge in [0.25, 0.3) is 0 Å². The van der Waals surface area contributed by atoms with Crippen LogP contribution in [0.4, 0.5) is 0 Å². The van der Waals surface area contributed by atoms with Crippen LogP contribution >= 0.6 is 23.2 Å². The van der Waals surface area contributed by atoms with Gasteiger partial charge >= 0.3 is 0 Å². The number of benzene rings is 2. The largest absolute Gasteiger partial charge is 0.373 e. The topological polar surface area (TPSA) is 83.4 Å². The number of halogens is 2. The van der Waals surface area contributed by atoms with Crippen LogP contribution in [-0.4, -0.2) is 0 Å². The Morgan fingerprint density at radius 2 is 1.46 bits per heavy atom. The zero-order chi connectivity index (χ0) is 20.3. The van der Waals surface area contributed by atoms with Gasteiger partial charge in [0.2, 0.25) is 0 Å². The molecule has 2 aromatic rings. The van der Waals surface area contributed by atoms with Crippen molar-refractivity contribution in [3.05, 3.63) is 86.5 Å². The molecule has 0 saturated carbocycles. The lowest BCUT2D eigenvalue weighted by molar-refractivity contribution is 0.407. The molecule has 136 valence electrons.